The van der Waals surface area contributed by atoms with E-state index >= 15 is 0 Å². The van der Waals surface area contributed by atoms with E-state index in [4.69, 9.17) is 44.9 Å². The van der Waals surface area contributed by atoms with E-state index < -0.39 is 47.8 Å². The lowest BCUT2D eigenvalue weighted by molar-refractivity contribution is -0.138. The molecular weight excluding hydrogens is 1800 g/mol. The summed E-state index contributed by atoms with van der Waals surface area (Å²) in [7, 11) is 0. The van der Waals surface area contributed by atoms with Crippen LogP contribution >= 0.6 is 11.3 Å². The normalized spacial score (nSPS) is 19.2. The average Bonchev–Trinajstić information content (AvgIpc) is 1.64. The van der Waals surface area contributed by atoms with Gasteiger partial charge in [-0.05, 0) is 125 Å². The molecule has 37 nitrogen and oxygen atoms in total. The number of morpholine rings is 2. The summed E-state index contributed by atoms with van der Waals surface area (Å²) in [6.45, 7) is 12.0. The van der Waals surface area contributed by atoms with Crippen molar-refractivity contribution in [3.05, 3.63) is 276 Å². The molecule has 11 heterocycles. The Morgan fingerprint density at radius 1 is 0.417 bits per heavy atom. The van der Waals surface area contributed by atoms with Crippen LogP contribution in [0, 0.1) is 0 Å². The van der Waals surface area contributed by atoms with Crippen molar-refractivity contribution in [3.63, 3.8) is 0 Å². The fourth-order valence-electron chi connectivity index (χ4n) is 18.7. The number of fused-ring (bicyclic) bond motifs is 5. The Morgan fingerprint density at radius 2 is 0.799 bits per heavy atom. The molecule has 10 amide bonds. The van der Waals surface area contributed by atoms with E-state index in [2.05, 4.69) is 83.5 Å². The minimum absolute atomic E-state index is 0.0413. The highest BCUT2D eigenvalue weighted by molar-refractivity contribution is 7.18. The number of ketones is 4. The molecule has 10 aliphatic rings. The van der Waals surface area contributed by atoms with Gasteiger partial charge in [-0.3, -0.25) is 87.6 Å². The Kier molecular flexibility index (Phi) is 28.5. The van der Waals surface area contributed by atoms with E-state index in [1.165, 1.54) is 42.7 Å². The molecule has 139 heavy (non-hydrogen) atoms. The highest BCUT2D eigenvalue weighted by Crippen LogP contribution is 2.41. The molecule has 714 valence electrons. The number of rotatable bonds is 26. The van der Waals surface area contributed by atoms with E-state index in [0.717, 1.165) is 131 Å². The van der Waals surface area contributed by atoms with Crippen LogP contribution in [0.4, 0.5) is 0 Å². The maximum Gasteiger partial charge on any atom is 0.270 e. The van der Waals surface area contributed by atoms with Crippen molar-refractivity contribution in [2.45, 2.75) is 167 Å². The van der Waals surface area contributed by atoms with Crippen molar-refractivity contribution in [2.24, 2.45) is 11.5 Å². The summed E-state index contributed by atoms with van der Waals surface area (Å²) in [5, 5.41) is 20.7. The van der Waals surface area contributed by atoms with Crippen molar-refractivity contribution in [1.29, 1.82) is 0 Å². The smallest absolute Gasteiger partial charge is 0.270 e. The third-order valence-electron chi connectivity index (χ3n) is 26.1. The van der Waals surface area contributed by atoms with Gasteiger partial charge < -0.3 is 59.5 Å². The fraction of sp³-hybridized carbons (Fsp3) is 0.337. The molecular formula is C101H99N17O20S. The van der Waals surface area contributed by atoms with Crippen LogP contribution in [-0.4, -0.2) is 223 Å². The molecule has 4 atom stereocenters. The minimum atomic E-state index is -0.673. The molecule has 0 radical (unpaired) electrons. The van der Waals surface area contributed by atoms with Crippen molar-refractivity contribution in [3.8, 4) is 23.0 Å². The van der Waals surface area contributed by atoms with Crippen LogP contribution in [0.1, 0.15) is 193 Å². The van der Waals surface area contributed by atoms with Crippen molar-refractivity contribution < 1.29 is 95.5 Å². The number of nitrogens with one attached hydrogen (secondary N) is 2. The Balaban J connectivity index is 0.000000123. The van der Waals surface area contributed by atoms with Gasteiger partial charge in [-0.2, -0.15) is 0 Å². The monoisotopic (exact) mass is 1900 g/mol. The third-order valence-corrected chi connectivity index (χ3v) is 27.1. The first-order valence-corrected chi connectivity index (χ1v) is 46.8. The summed E-state index contributed by atoms with van der Waals surface area (Å²) >= 11 is 1.61. The van der Waals surface area contributed by atoms with Crippen LogP contribution in [0.2, 0.25) is 0 Å². The van der Waals surface area contributed by atoms with E-state index in [1.54, 1.807) is 75.7 Å². The van der Waals surface area contributed by atoms with Gasteiger partial charge in [0.15, 0.2) is 17.3 Å². The second-order valence-corrected chi connectivity index (χ2v) is 36.5. The number of nitrogens with zero attached hydrogens (tertiary/aromatic N) is 13. The number of ether oxygens (including phenoxy) is 6. The molecule has 8 aliphatic heterocycles. The molecule has 38 heteroatoms. The Hall–Kier alpha value is -15.3. The first kappa shape index (κ1) is 94.1. The standard InChI is InChI=1S/C27H27N3O5S.C26H28N2O5.2C24H22N6O5/c31-18-5-6-22(23(32)13-18)30-15-20-19(27(30)33)2-1-3-24(20)35-16-26-28-21-12-17(4-7-25(21)36-26)14-29-8-10-34-11-9-29;29-20-8-9-23(24(30)14-20)28-16-22-21(26(28)31)2-1-3-25(22)33-17-19-6-4-18(5-7-19)15-27-10-12-32-13-11-27;25-22(32)19-10-26-28-30(19)11-14-4-6-15(7-5-14)13-35-20-3-1-2-16-17(20)12-29(24(16)34)18-8-9-21(31)27-23(18)33;25-22(32)18-12-29(28-27-18)10-14-4-6-15(7-5-14)13-35-20-3-1-2-16-17(20)11-30(24(16)34)19-8-9-21(31)26-23(19)33/h1-4,7,12,22H,5-6,8-11,13-16H2;1-7,23H,8-17H2;1-7,10,18H,8-9,11-13H2,(H2,25,32)(H,27,31,33);1-7,12,19H,8-11,13H2,(H2,25,32)(H,26,31,33)/t;23-;;/m.1../s1. The van der Waals surface area contributed by atoms with Gasteiger partial charge in [0, 0.05) is 109 Å². The summed E-state index contributed by atoms with van der Waals surface area (Å²) in [4.78, 5) is 186. The number of amides is 10. The quantitative estimate of drug-likeness (QED) is 0.0299. The number of hydrogen-bond donors (Lipinski definition) is 4. The highest BCUT2D eigenvalue weighted by atomic mass is 32.1. The molecule has 0 spiro atoms. The molecule has 2 aliphatic carbocycles. The number of carbonyl (C=O) groups excluding carboxylic acids is 14. The first-order valence-electron chi connectivity index (χ1n) is 46.0. The summed E-state index contributed by atoms with van der Waals surface area (Å²) in [5.41, 5.74) is 24.3. The van der Waals surface area contributed by atoms with Gasteiger partial charge in [0.2, 0.25) is 23.6 Å². The lowest BCUT2D eigenvalue weighted by Gasteiger charge is -2.29. The maximum absolute atomic E-state index is 13.1. The lowest BCUT2D eigenvalue weighted by atomic mass is 9.92. The number of aromatic nitrogens is 7. The van der Waals surface area contributed by atoms with Crippen LogP contribution in [0.15, 0.2) is 176 Å². The second-order valence-electron chi connectivity index (χ2n) is 35.4. The highest BCUT2D eigenvalue weighted by Gasteiger charge is 2.45. The van der Waals surface area contributed by atoms with Gasteiger partial charge in [-0.25, -0.2) is 14.3 Å². The lowest BCUT2D eigenvalue weighted by Crippen LogP contribution is -2.52. The predicted molar refractivity (Wildman–Crippen MR) is 497 cm³/mol. The Morgan fingerprint density at radius 3 is 1.20 bits per heavy atom. The number of primary amides is 2. The molecule has 4 saturated heterocycles. The van der Waals surface area contributed by atoms with Gasteiger partial charge >= 0.3 is 0 Å². The topological polar surface area (TPSA) is 464 Å². The number of benzene rings is 8. The summed E-state index contributed by atoms with van der Waals surface area (Å²) in [5.74, 6) is -1.52. The third kappa shape index (κ3) is 21.8. The van der Waals surface area contributed by atoms with Crippen molar-refractivity contribution >= 4 is 104 Å². The van der Waals surface area contributed by atoms with Gasteiger partial charge in [-0.1, -0.05) is 114 Å². The Bertz CT molecular complexity index is 6650. The number of carbonyl (C=O) groups is 14. The zero-order valence-corrected chi connectivity index (χ0v) is 76.6. The molecule has 6 fully saturated rings. The number of nitrogens with two attached hydrogens (primary N) is 2. The van der Waals surface area contributed by atoms with E-state index in [-0.39, 0.29) is 115 Å². The molecule has 21 rings (SSSR count). The molecule has 3 unspecified atom stereocenters. The Labute approximate surface area is 800 Å². The fourth-order valence-corrected chi connectivity index (χ4v) is 19.5. The number of imide groups is 2. The molecule has 0 bridgehead atoms. The summed E-state index contributed by atoms with van der Waals surface area (Å²) in [6, 6.07) is 49.2. The SMILES string of the molecule is NC(=O)c1cn(Cc2ccc(COc3cccc4c3CN(C3CCC(=O)NC3=O)C4=O)cc2)nn1.NC(=O)c1cnnn1Cc1ccc(COc2cccc3c2CN(C2CCC(=O)NC2=O)C3=O)cc1.O=C1CCC(N2Cc3c(OCc4nc5cc(CN6CCOCC6)ccc5s4)cccc3C2=O)C(=O)C1.O=C1CC[C@@H](N2Cc3c(OCc4ccc(CN5CCOCC5)cc4)cccc3C2=O)C(=O)C1. The molecule has 11 aromatic rings. The van der Waals surface area contributed by atoms with E-state index in [0.29, 0.717) is 130 Å². The zero-order chi connectivity index (χ0) is 96.5. The van der Waals surface area contributed by atoms with Gasteiger partial charge in [-0.15, -0.1) is 21.5 Å². The van der Waals surface area contributed by atoms with Crippen LogP contribution in [0.5, 0.6) is 23.0 Å². The minimum Gasteiger partial charge on any atom is -0.489 e. The van der Waals surface area contributed by atoms with Gasteiger partial charge in [0.1, 0.15) is 83.8 Å². The van der Waals surface area contributed by atoms with Crippen LogP contribution < -0.4 is 41.0 Å². The molecule has 2 saturated carbocycles. The van der Waals surface area contributed by atoms with Gasteiger partial charge in [0.05, 0.1) is 113 Å². The number of piperidine rings is 2. The van der Waals surface area contributed by atoms with Crippen molar-refractivity contribution in [2.75, 3.05) is 52.6 Å². The largest absolute Gasteiger partial charge is 0.489 e. The zero-order valence-electron chi connectivity index (χ0n) is 75.8. The van der Waals surface area contributed by atoms with Crippen LogP contribution in [0.3, 0.4) is 0 Å². The first-order chi connectivity index (χ1) is 67.4. The van der Waals surface area contributed by atoms with Crippen LogP contribution in [0.25, 0.3) is 10.2 Å². The number of hydrogen-bond acceptors (Lipinski definition) is 28. The average molecular weight is 1900 g/mol. The van der Waals surface area contributed by atoms with Crippen molar-refractivity contribution in [1.82, 2.24) is 75.0 Å². The maximum atomic E-state index is 13.1. The molecule has 8 aromatic carbocycles. The van der Waals surface area contributed by atoms with E-state index in [1.807, 2.05) is 66.7 Å². The second kappa shape index (κ2) is 42.2. The molecule has 6 N–H and O–H groups in total. The molecule has 3 aromatic heterocycles. The predicted octanol–water partition coefficient (Wildman–Crippen LogP) is 7.63. The number of thiazole rings is 1. The summed E-state index contributed by atoms with van der Waals surface area (Å²) in [6.07, 6.45) is 5.19. The van der Waals surface area contributed by atoms with Gasteiger partial charge in [0.25, 0.3) is 35.4 Å². The number of Topliss-reactive ketones (excluding diaryl/α,β-unsaturated/α-hetero) is 4. The van der Waals surface area contributed by atoms with Crippen LogP contribution in [-0.2, 0) is 127 Å². The van der Waals surface area contributed by atoms with E-state index in [9.17, 15) is 67.1 Å². The summed E-state index contributed by atoms with van der Waals surface area (Å²) < 4.78 is 39.3.